The van der Waals surface area contributed by atoms with E-state index >= 15 is 0 Å². The van der Waals surface area contributed by atoms with Crippen LogP contribution in [0.3, 0.4) is 0 Å². The van der Waals surface area contributed by atoms with Crippen LogP contribution in [0, 0.1) is 0 Å². The molecule has 3 rings (SSSR count). The molecule has 1 amide bonds. The van der Waals surface area contributed by atoms with Crippen LogP contribution in [0.1, 0.15) is 31.1 Å². The highest BCUT2D eigenvalue weighted by Crippen LogP contribution is 2.20. The summed E-state index contributed by atoms with van der Waals surface area (Å²) in [5.41, 5.74) is 0.644. The molecule has 0 saturated heterocycles. The quantitative estimate of drug-likeness (QED) is 0.588. The average molecular weight is 324 g/mol. The highest BCUT2D eigenvalue weighted by molar-refractivity contribution is 6.11. The van der Waals surface area contributed by atoms with E-state index in [0.717, 1.165) is 17.0 Å². The maximum absolute atomic E-state index is 12.4. The number of hydrogen-bond donors (Lipinski definition) is 4. The van der Waals surface area contributed by atoms with E-state index in [1.807, 2.05) is 12.1 Å². The lowest BCUT2D eigenvalue weighted by Gasteiger charge is -2.09. The Hall–Kier alpha value is -3.61. The van der Waals surface area contributed by atoms with Crippen molar-refractivity contribution < 1.29 is 24.6 Å². The first-order valence-electron chi connectivity index (χ1n) is 6.95. The summed E-state index contributed by atoms with van der Waals surface area (Å²) in [5.74, 6) is -3.26. The minimum atomic E-state index is -1.37. The Kier molecular flexibility index (Phi) is 3.75. The fourth-order valence-corrected chi connectivity index (χ4v) is 2.38. The first-order valence-corrected chi connectivity index (χ1v) is 6.95. The molecule has 1 heterocycles. The third-order valence-corrected chi connectivity index (χ3v) is 3.55. The van der Waals surface area contributed by atoms with Gasteiger partial charge in [0.25, 0.3) is 5.91 Å². The van der Waals surface area contributed by atoms with Crippen LogP contribution in [-0.2, 0) is 0 Å². The maximum Gasteiger partial charge on any atom is 0.336 e. The minimum Gasteiger partial charge on any atom is -0.478 e. The molecule has 4 N–H and O–H groups in total. The Morgan fingerprint density at radius 1 is 0.875 bits per heavy atom. The van der Waals surface area contributed by atoms with Gasteiger partial charge in [0.1, 0.15) is 0 Å². The molecule has 0 atom stereocenters. The van der Waals surface area contributed by atoms with Gasteiger partial charge in [0, 0.05) is 17.4 Å². The van der Waals surface area contributed by atoms with Gasteiger partial charge in [-0.1, -0.05) is 6.07 Å². The predicted octanol–water partition coefficient (Wildman–Crippen LogP) is 2.82. The number of hydrogen-bond acceptors (Lipinski definition) is 3. The molecule has 0 radical (unpaired) electrons. The Balaban J connectivity index is 1.94. The molecule has 0 bridgehead atoms. The van der Waals surface area contributed by atoms with Crippen LogP contribution < -0.4 is 5.32 Å². The normalized spacial score (nSPS) is 10.5. The zero-order valence-corrected chi connectivity index (χ0v) is 12.2. The number of benzene rings is 2. The largest absolute Gasteiger partial charge is 0.478 e. The monoisotopic (exact) mass is 324 g/mol. The van der Waals surface area contributed by atoms with Gasteiger partial charge in [-0.05, 0) is 41.8 Å². The smallest absolute Gasteiger partial charge is 0.336 e. The average Bonchev–Trinajstić information content (AvgIpc) is 3.01. The van der Waals surface area contributed by atoms with Crippen molar-refractivity contribution >= 4 is 34.4 Å². The van der Waals surface area contributed by atoms with E-state index in [1.165, 1.54) is 12.1 Å². The van der Waals surface area contributed by atoms with Gasteiger partial charge >= 0.3 is 11.9 Å². The van der Waals surface area contributed by atoms with Crippen molar-refractivity contribution in [3.05, 3.63) is 65.4 Å². The SMILES string of the molecule is O=C(O)c1ccc(C(=O)Nc2ccc3cc[nH]c3c2)c(C(=O)O)c1. The second-order valence-corrected chi connectivity index (χ2v) is 5.10. The maximum atomic E-state index is 12.4. The molecule has 0 fully saturated rings. The molecule has 0 spiro atoms. The highest BCUT2D eigenvalue weighted by atomic mass is 16.4. The summed E-state index contributed by atoms with van der Waals surface area (Å²) in [7, 11) is 0. The van der Waals surface area contributed by atoms with Crippen molar-refractivity contribution in [2.24, 2.45) is 0 Å². The van der Waals surface area contributed by atoms with Crippen molar-refractivity contribution in [1.29, 1.82) is 0 Å². The molecule has 0 aliphatic heterocycles. The third kappa shape index (κ3) is 2.82. The molecule has 0 aliphatic carbocycles. The first-order chi connectivity index (χ1) is 11.5. The molecule has 120 valence electrons. The van der Waals surface area contributed by atoms with Gasteiger partial charge in [0.05, 0.1) is 16.7 Å². The Labute approximate surface area is 135 Å². The first kappa shape index (κ1) is 15.3. The number of fused-ring (bicyclic) bond motifs is 1. The van der Waals surface area contributed by atoms with E-state index in [1.54, 1.807) is 18.3 Å². The topological polar surface area (TPSA) is 119 Å². The summed E-state index contributed by atoms with van der Waals surface area (Å²) in [6.07, 6.45) is 1.77. The third-order valence-electron chi connectivity index (χ3n) is 3.55. The van der Waals surface area contributed by atoms with Crippen molar-refractivity contribution in [2.75, 3.05) is 5.32 Å². The zero-order chi connectivity index (χ0) is 17.3. The molecule has 0 saturated carbocycles. The summed E-state index contributed by atoms with van der Waals surface area (Å²) in [5, 5.41) is 21.8. The zero-order valence-electron chi connectivity index (χ0n) is 12.2. The standard InChI is InChI=1S/C17H12N2O5/c20-15(19-11-3-1-9-5-6-18-14(9)8-11)12-4-2-10(16(21)22)7-13(12)17(23)24/h1-8,18H,(H,19,20)(H,21,22)(H,23,24). The fraction of sp³-hybridized carbons (Fsp3) is 0. The number of carbonyl (C=O) groups excluding carboxylic acids is 1. The van der Waals surface area contributed by atoms with Crippen molar-refractivity contribution in [3.63, 3.8) is 0 Å². The van der Waals surface area contributed by atoms with Gasteiger partial charge in [0.15, 0.2) is 0 Å². The van der Waals surface area contributed by atoms with Gasteiger partial charge in [-0.25, -0.2) is 9.59 Å². The number of rotatable bonds is 4. The lowest BCUT2D eigenvalue weighted by Crippen LogP contribution is -2.17. The predicted molar refractivity (Wildman–Crippen MR) is 86.6 cm³/mol. The number of nitrogens with one attached hydrogen (secondary N) is 2. The molecular formula is C17H12N2O5. The lowest BCUT2D eigenvalue weighted by atomic mass is 10.0. The molecule has 7 nitrogen and oxygen atoms in total. The van der Waals surface area contributed by atoms with E-state index in [-0.39, 0.29) is 16.7 Å². The Morgan fingerprint density at radius 2 is 1.67 bits per heavy atom. The summed E-state index contributed by atoms with van der Waals surface area (Å²) in [6.45, 7) is 0. The Bertz CT molecular complexity index is 974. The van der Waals surface area contributed by atoms with Gasteiger partial charge in [-0.15, -0.1) is 0 Å². The second-order valence-electron chi connectivity index (χ2n) is 5.10. The minimum absolute atomic E-state index is 0.112. The molecule has 7 heteroatoms. The van der Waals surface area contributed by atoms with Crippen molar-refractivity contribution in [2.45, 2.75) is 0 Å². The van der Waals surface area contributed by atoms with Gasteiger partial charge in [0.2, 0.25) is 0 Å². The lowest BCUT2D eigenvalue weighted by molar-refractivity contribution is 0.0692. The van der Waals surface area contributed by atoms with Gasteiger partial charge in [-0.2, -0.15) is 0 Å². The number of carbonyl (C=O) groups is 3. The number of carboxylic acid groups (broad SMARTS) is 2. The number of amides is 1. The molecule has 1 aromatic heterocycles. The fourth-order valence-electron chi connectivity index (χ4n) is 2.38. The van der Waals surface area contributed by atoms with Gasteiger partial charge in [-0.3, -0.25) is 4.79 Å². The van der Waals surface area contributed by atoms with Crippen LogP contribution >= 0.6 is 0 Å². The number of aromatic carboxylic acids is 2. The van der Waals surface area contributed by atoms with Crippen LogP contribution in [0.5, 0.6) is 0 Å². The summed E-state index contributed by atoms with van der Waals surface area (Å²) >= 11 is 0. The van der Waals surface area contributed by atoms with Crippen LogP contribution in [0.2, 0.25) is 0 Å². The highest BCUT2D eigenvalue weighted by Gasteiger charge is 2.19. The molecule has 2 aromatic carbocycles. The Morgan fingerprint density at radius 3 is 2.38 bits per heavy atom. The van der Waals surface area contributed by atoms with Crippen molar-refractivity contribution in [1.82, 2.24) is 4.98 Å². The number of carboxylic acids is 2. The second kappa shape index (κ2) is 5.88. The van der Waals surface area contributed by atoms with E-state index in [2.05, 4.69) is 10.3 Å². The van der Waals surface area contributed by atoms with Crippen LogP contribution in [0.25, 0.3) is 10.9 Å². The van der Waals surface area contributed by atoms with Crippen LogP contribution in [0.15, 0.2) is 48.7 Å². The molecule has 0 unspecified atom stereocenters. The number of anilines is 1. The molecular weight excluding hydrogens is 312 g/mol. The van der Waals surface area contributed by atoms with Crippen LogP contribution in [-0.4, -0.2) is 33.0 Å². The van der Waals surface area contributed by atoms with Crippen molar-refractivity contribution in [3.8, 4) is 0 Å². The molecule has 3 aromatic rings. The summed E-state index contributed by atoms with van der Waals surface area (Å²) in [6, 6.07) is 10.5. The van der Waals surface area contributed by atoms with E-state index in [9.17, 15) is 19.5 Å². The van der Waals surface area contributed by atoms with E-state index < -0.39 is 17.8 Å². The van der Waals surface area contributed by atoms with E-state index in [0.29, 0.717) is 5.69 Å². The van der Waals surface area contributed by atoms with Gasteiger partial charge < -0.3 is 20.5 Å². The molecule has 0 aliphatic rings. The van der Waals surface area contributed by atoms with E-state index in [4.69, 9.17) is 5.11 Å². The number of aromatic amines is 1. The summed E-state index contributed by atoms with van der Waals surface area (Å²) < 4.78 is 0. The van der Waals surface area contributed by atoms with Crippen LogP contribution in [0.4, 0.5) is 5.69 Å². The summed E-state index contributed by atoms with van der Waals surface area (Å²) in [4.78, 5) is 37.6. The number of H-pyrrole nitrogens is 1. The number of aromatic nitrogens is 1. The molecule has 24 heavy (non-hydrogen) atoms.